The summed E-state index contributed by atoms with van der Waals surface area (Å²) in [6.45, 7) is 1.90. The Morgan fingerprint density at radius 3 is 2.86 bits per heavy atom. The predicted molar refractivity (Wildman–Crippen MR) is 54.5 cm³/mol. The van der Waals surface area contributed by atoms with Gasteiger partial charge in [0.15, 0.2) is 0 Å². The van der Waals surface area contributed by atoms with Crippen LogP contribution in [0.25, 0.3) is 0 Å². The third kappa shape index (κ3) is 2.23. The largest absolute Gasteiger partial charge is 0.462 e. The molecule has 0 saturated heterocycles. The molecule has 1 aromatic rings. The second-order valence-corrected chi connectivity index (χ2v) is 3.42. The molecule has 0 aromatic heterocycles. The molecule has 0 radical (unpaired) electrons. The number of carbonyl (C=O) groups excluding carboxylic acids is 1. The summed E-state index contributed by atoms with van der Waals surface area (Å²) >= 11 is 3.04. The van der Waals surface area contributed by atoms with E-state index in [0.717, 1.165) is 6.07 Å². The molecule has 3 nitrogen and oxygen atoms in total. The van der Waals surface area contributed by atoms with E-state index < -0.39 is 11.8 Å². The van der Waals surface area contributed by atoms with Gasteiger partial charge >= 0.3 is 5.97 Å². The first kappa shape index (κ1) is 11.0. The zero-order valence-corrected chi connectivity index (χ0v) is 9.10. The van der Waals surface area contributed by atoms with Crippen LogP contribution in [0.4, 0.5) is 10.1 Å². The Morgan fingerprint density at radius 2 is 2.29 bits per heavy atom. The lowest BCUT2D eigenvalue weighted by molar-refractivity contribution is 0.0527. The van der Waals surface area contributed by atoms with E-state index >= 15 is 0 Å². The minimum Gasteiger partial charge on any atom is -0.462 e. The molecule has 0 atom stereocenters. The molecule has 2 N–H and O–H groups in total. The average molecular weight is 262 g/mol. The number of hydrogen-bond donors (Lipinski definition) is 1. The fourth-order valence-electron chi connectivity index (χ4n) is 0.962. The van der Waals surface area contributed by atoms with Crippen molar-refractivity contribution in [2.45, 2.75) is 6.92 Å². The molecular weight excluding hydrogens is 253 g/mol. The Kier molecular flexibility index (Phi) is 3.46. The average Bonchev–Trinajstić information content (AvgIpc) is 2.11. The van der Waals surface area contributed by atoms with Gasteiger partial charge in [-0.1, -0.05) is 0 Å². The van der Waals surface area contributed by atoms with Crippen LogP contribution in [-0.4, -0.2) is 12.6 Å². The van der Waals surface area contributed by atoms with Crippen molar-refractivity contribution >= 4 is 27.6 Å². The van der Waals surface area contributed by atoms with Gasteiger partial charge in [-0.05, 0) is 35.0 Å². The number of nitrogen functional groups attached to an aromatic ring is 1. The minimum atomic E-state index is -0.620. The summed E-state index contributed by atoms with van der Waals surface area (Å²) in [7, 11) is 0. The molecule has 76 valence electrons. The molecule has 5 heteroatoms. The van der Waals surface area contributed by atoms with Gasteiger partial charge in [0.05, 0.1) is 17.9 Å². The number of nitrogens with two attached hydrogens (primary N) is 1. The first-order valence-corrected chi connectivity index (χ1v) is 4.77. The van der Waals surface area contributed by atoms with Crippen molar-refractivity contribution in [1.82, 2.24) is 0 Å². The lowest BCUT2D eigenvalue weighted by Crippen LogP contribution is -2.09. The van der Waals surface area contributed by atoms with Gasteiger partial charge < -0.3 is 10.5 Å². The molecule has 1 rings (SSSR count). The normalized spacial score (nSPS) is 9.93. The first-order valence-electron chi connectivity index (χ1n) is 3.98. The number of rotatable bonds is 2. The fourth-order valence-corrected chi connectivity index (χ4v) is 1.39. The molecule has 14 heavy (non-hydrogen) atoms. The van der Waals surface area contributed by atoms with E-state index in [-0.39, 0.29) is 17.9 Å². The number of ether oxygens (including phenoxy) is 1. The third-order valence-electron chi connectivity index (χ3n) is 1.59. The molecule has 0 aliphatic carbocycles. The standard InChI is InChI=1S/C9H9BrFNO2/c1-2-14-9(13)6-3-5(11)4-7(10)8(6)12/h3-4H,2,12H2,1H3. The maximum atomic E-state index is 12.9. The van der Waals surface area contributed by atoms with Crippen molar-refractivity contribution in [3.63, 3.8) is 0 Å². The van der Waals surface area contributed by atoms with Gasteiger partial charge in [-0.15, -0.1) is 0 Å². The van der Waals surface area contributed by atoms with Crippen LogP contribution < -0.4 is 5.73 Å². The molecule has 0 saturated carbocycles. The third-order valence-corrected chi connectivity index (χ3v) is 2.25. The van der Waals surface area contributed by atoms with Crippen molar-refractivity contribution < 1.29 is 13.9 Å². The van der Waals surface area contributed by atoms with Gasteiger partial charge in [0.2, 0.25) is 0 Å². The summed E-state index contributed by atoms with van der Waals surface area (Å²) in [5, 5.41) is 0. The molecule has 0 amide bonds. The Morgan fingerprint density at radius 1 is 1.64 bits per heavy atom. The van der Waals surface area contributed by atoms with Crippen molar-refractivity contribution in [2.24, 2.45) is 0 Å². The van der Waals surface area contributed by atoms with Crippen LogP contribution in [0.3, 0.4) is 0 Å². The van der Waals surface area contributed by atoms with Crippen LogP contribution >= 0.6 is 15.9 Å². The maximum Gasteiger partial charge on any atom is 0.340 e. The Balaban J connectivity index is 3.13. The summed E-state index contributed by atoms with van der Waals surface area (Å²) in [5.74, 6) is -1.15. The number of hydrogen-bond acceptors (Lipinski definition) is 3. The van der Waals surface area contributed by atoms with Crippen LogP contribution in [0.2, 0.25) is 0 Å². The van der Waals surface area contributed by atoms with Crippen molar-refractivity contribution in [3.8, 4) is 0 Å². The smallest absolute Gasteiger partial charge is 0.340 e. The number of carbonyl (C=O) groups is 1. The van der Waals surface area contributed by atoms with Crippen LogP contribution in [0.1, 0.15) is 17.3 Å². The number of benzene rings is 1. The molecular formula is C9H9BrFNO2. The molecule has 0 spiro atoms. The highest BCUT2D eigenvalue weighted by Gasteiger charge is 2.14. The molecule has 0 fully saturated rings. The summed E-state index contributed by atoms with van der Waals surface area (Å²) in [5.41, 5.74) is 5.79. The maximum absolute atomic E-state index is 12.9. The zero-order chi connectivity index (χ0) is 10.7. The Bertz CT molecular complexity index is 368. The van der Waals surface area contributed by atoms with Crippen molar-refractivity contribution in [3.05, 3.63) is 28.0 Å². The van der Waals surface area contributed by atoms with Gasteiger partial charge in [0.1, 0.15) is 5.82 Å². The number of esters is 1. The molecule has 0 aliphatic rings. The predicted octanol–water partition coefficient (Wildman–Crippen LogP) is 2.35. The van der Waals surface area contributed by atoms with E-state index in [9.17, 15) is 9.18 Å². The molecule has 0 aliphatic heterocycles. The van der Waals surface area contributed by atoms with E-state index in [0.29, 0.717) is 4.47 Å². The van der Waals surface area contributed by atoms with E-state index in [4.69, 9.17) is 10.5 Å². The fraction of sp³-hybridized carbons (Fsp3) is 0.222. The van der Waals surface area contributed by atoms with Crippen LogP contribution in [-0.2, 0) is 4.74 Å². The van der Waals surface area contributed by atoms with Gasteiger partial charge in [-0.25, -0.2) is 9.18 Å². The molecule has 0 bridgehead atoms. The first-order chi connectivity index (χ1) is 6.56. The molecule has 1 aromatic carbocycles. The lowest BCUT2D eigenvalue weighted by atomic mass is 10.2. The second-order valence-electron chi connectivity index (χ2n) is 2.57. The van der Waals surface area contributed by atoms with Crippen LogP contribution in [0, 0.1) is 5.82 Å². The highest BCUT2D eigenvalue weighted by Crippen LogP contribution is 2.25. The Hall–Kier alpha value is -1.10. The topological polar surface area (TPSA) is 52.3 Å². The number of anilines is 1. The van der Waals surface area contributed by atoms with Crippen LogP contribution in [0.15, 0.2) is 16.6 Å². The van der Waals surface area contributed by atoms with Gasteiger partial charge in [-0.3, -0.25) is 0 Å². The van der Waals surface area contributed by atoms with Gasteiger partial charge in [-0.2, -0.15) is 0 Å². The van der Waals surface area contributed by atoms with Gasteiger partial charge in [0.25, 0.3) is 0 Å². The quantitative estimate of drug-likeness (QED) is 0.657. The molecule has 0 heterocycles. The van der Waals surface area contributed by atoms with Crippen molar-refractivity contribution in [2.75, 3.05) is 12.3 Å². The SMILES string of the molecule is CCOC(=O)c1cc(F)cc(Br)c1N. The van der Waals surface area contributed by atoms with E-state index in [1.807, 2.05) is 0 Å². The van der Waals surface area contributed by atoms with Gasteiger partial charge in [0, 0.05) is 4.47 Å². The number of halogens is 2. The summed E-state index contributed by atoms with van der Waals surface area (Å²) in [6.07, 6.45) is 0. The summed E-state index contributed by atoms with van der Waals surface area (Å²) in [6, 6.07) is 2.25. The highest BCUT2D eigenvalue weighted by molar-refractivity contribution is 9.10. The van der Waals surface area contributed by atoms with E-state index in [1.165, 1.54) is 6.07 Å². The lowest BCUT2D eigenvalue weighted by Gasteiger charge is -2.06. The van der Waals surface area contributed by atoms with E-state index in [1.54, 1.807) is 6.92 Å². The van der Waals surface area contributed by atoms with E-state index in [2.05, 4.69) is 15.9 Å². The summed E-state index contributed by atoms with van der Waals surface area (Å²) in [4.78, 5) is 11.3. The Labute approximate surface area is 89.2 Å². The highest BCUT2D eigenvalue weighted by atomic mass is 79.9. The van der Waals surface area contributed by atoms with Crippen molar-refractivity contribution in [1.29, 1.82) is 0 Å². The monoisotopic (exact) mass is 261 g/mol. The molecule has 0 unspecified atom stereocenters. The minimum absolute atomic E-state index is 0.0405. The summed E-state index contributed by atoms with van der Waals surface area (Å²) < 4.78 is 18.0. The zero-order valence-electron chi connectivity index (χ0n) is 7.51. The van der Waals surface area contributed by atoms with Crippen LogP contribution in [0.5, 0.6) is 0 Å². The second kappa shape index (κ2) is 4.41.